The van der Waals surface area contributed by atoms with Crippen LogP contribution in [0, 0.1) is 5.82 Å². The quantitative estimate of drug-likeness (QED) is 0.725. The van der Waals surface area contributed by atoms with Gasteiger partial charge in [0.15, 0.2) is 0 Å². The molecule has 2 aromatic rings. The van der Waals surface area contributed by atoms with Crippen molar-refractivity contribution in [3.8, 4) is 11.3 Å². The fraction of sp³-hybridized carbons (Fsp3) is 0.0909. The largest absolute Gasteiger partial charge is 0.281 e. The van der Waals surface area contributed by atoms with Gasteiger partial charge in [0.05, 0.1) is 15.7 Å². The molecule has 0 saturated heterocycles. The summed E-state index contributed by atoms with van der Waals surface area (Å²) in [7, 11) is 0.896. The molecule has 0 spiro atoms. The Morgan fingerprint density at radius 1 is 1.14 bits per heavy atom. The number of aromatic nitrogens is 2. The van der Waals surface area contributed by atoms with E-state index in [0.717, 1.165) is 12.4 Å². The van der Waals surface area contributed by atoms with E-state index in [9.17, 15) is 21.6 Å². The second kappa shape index (κ2) is 6.19. The van der Waals surface area contributed by atoms with E-state index in [0.29, 0.717) is 6.07 Å². The van der Waals surface area contributed by atoms with E-state index in [1.807, 2.05) is 0 Å². The average Bonchev–Trinajstić information content (AvgIpc) is 2.38. The van der Waals surface area contributed by atoms with Crippen LogP contribution in [0.25, 0.3) is 11.3 Å². The normalized spacial score (nSPS) is 12.0. The van der Waals surface area contributed by atoms with E-state index >= 15 is 0 Å². The minimum Gasteiger partial charge on any atom is -0.235 e. The molecule has 11 heteroatoms. The van der Waals surface area contributed by atoms with Gasteiger partial charge in [-0.3, -0.25) is 0 Å². The van der Waals surface area contributed by atoms with Crippen LogP contribution in [0.3, 0.4) is 0 Å². The molecule has 118 valence electrons. The van der Waals surface area contributed by atoms with Gasteiger partial charge in [0, 0.05) is 16.2 Å². The van der Waals surface area contributed by atoms with Crippen LogP contribution in [0.15, 0.2) is 23.4 Å². The van der Waals surface area contributed by atoms with Gasteiger partial charge in [0.1, 0.15) is 22.7 Å². The van der Waals surface area contributed by atoms with Crippen molar-refractivity contribution >= 4 is 42.9 Å². The molecule has 0 radical (unpaired) electrons. The molecule has 1 aromatic heterocycles. The van der Waals surface area contributed by atoms with Crippen LogP contribution in [-0.2, 0) is 9.05 Å². The van der Waals surface area contributed by atoms with E-state index in [1.165, 1.54) is 0 Å². The van der Waals surface area contributed by atoms with Gasteiger partial charge >= 0.3 is 0 Å². The van der Waals surface area contributed by atoms with Crippen LogP contribution < -0.4 is 0 Å². The number of hydrogen-bond donors (Lipinski definition) is 0. The third-order valence-electron chi connectivity index (χ3n) is 2.56. The molecule has 2 rings (SSSR count). The molecule has 0 aliphatic carbocycles. The van der Waals surface area contributed by atoms with Crippen LogP contribution in [0.5, 0.6) is 0 Å². The van der Waals surface area contributed by atoms with Crippen LogP contribution >= 0.6 is 33.9 Å². The van der Waals surface area contributed by atoms with Crippen molar-refractivity contribution in [2.45, 2.75) is 11.3 Å². The van der Waals surface area contributed by atoms with Crippen molar-refractivity contribution < 1.29 is 21.6 Å². The standard InChI is InChI=1S/C11H4Cl3F3N2O2S/c12-5-2-6(15)4(1-7(5)22(14,20)21)9-8(13)10(11(16)17)19-3-18-9/h1-3,11H. The zero-order chi connectivity index (χ0) is 16.7. The Morgan fingerprint density at radius 2 is 1.77 bits per heavy atom. The van der Waals surface area contributed by atoms with Crippen molar-refractivity contribution in [2.75, 3.05) is 0 Å². The monoisotopic (exact) mass is 390 g/mol. The van der Waals surface area contributed by atoms with Gasteiger partial charge in [-0.25, -0.2) is 31.6 Å². The molecule has 0 fully saturated rings. The number of nitrogens with zero attached hydrogens (tertiary/aromatic N) is 2. The van der Waals surface area contributed by atoms with Gasteiger partial charge in [-0.15, -0.1) is 0 Å². The number of rotatable bonds is 3. The Kier molecular flexibility index (Phi) is 4.86. The molecule has 0 aliphatic heterocycles. The molecule has 0 aliphatic rings. The van der Waals surface area contributed by atoms with Crippen molar-refractivity contribution in [1.82, 2.24) is 9.97 Å². The van der Waals surface area contributed by atoms with Gasteiger partial charge in [-0.2, -0.15) is 0 Å². The molecule has 1 aromatic carbocycles. The first-order chi connectivity index (χ1) is 10.1. The third kappa shape index (κ3) is 3.29. The Bertz CT molecular complexity index is 847. The van der Waals surface area contributed by atoms with Gasteiger partial charge in [0.25, 0.3) is 15.5 Å². The summed E-state index contributed by atoms with van der Waals surface area (Å²) in [4.78, 5) is 6.31. The number of benzene rings is 1. The molecule has 0 saturated carbocycles. The summed E-state index contributed by atoms with van der Waals surface area (Å²) in [6.07, 6.45) is -2.26. The van der Waals surface area contributed by atoms with E-state index < -0.39 is 53.2 Å². The summed E-state index contributed by atoms with van der Waals surface area (Å²) < 4.78 is 62.3. The summed E-state index contributed by atoms with van der Waals surface area (Å²) in [6, 6.07) is 1.44. The number of alkyl halides is 2. The first kappa shape index (κ1) is 17.3. The van der Waals surface area contributed by atoms with Crippen molar-refractivity contribution in [1.29, 1.82) is 0 Å². The highest BCUT2D eigenvalue weighted by Gasteiger charge is 2.24. The van der Waals surface area contributed by atoms with Crippen molar-refractivity contribution in [3.05, 3.63) is 40.0 Å². The minimum atomic E-state index is -4.28. The SMILES string of the molecule is O=S(=O)(Cl)c1cc(-c2ncnc(C(F)F)c2Cl)c(F)cc1Cl. The summed E-state index contributed by atoms with van der Waals surface area (Å²) in [5.41, 5.74) is -1.66. The van der Waals surface area contributed by atoms with E-state index in [-0.39, 0.29) is 0 Å². The molecular formula is C11H4Cl3F3N2O2S. The second-order valence-corrected chi connectivity index (χ2v) is 7.24. The molecule has 4 nitrogen and oxygen atoms in total. The fourth-order valence-electron chi connectivity index (χ4n) is 1.62. The van der Waals surface area contributed by atoms with Crippen molar-refractivity contribution in [2.24, 2.45) is 0 Å². The van der Waals surface area contributed by atoms with Gasteiger partial charge in [-0.05, 0) is 12.1 Å². The highest BCUT2D eigenvalue weighted by Crippen LogP contribution is 2.37. The number of halogens is 6. The highest BCUT2D eigenvalue weighted by atomic mass is 35.7. The minimum absolute atomic E-state index is 0.400. The van der Waals surface area contributed by atoms with Crippen LogP contribution in [0.4, 0.5) is 13.2 Å². The van der Waals surface area contributed by atoms with Gasteiger partial charge in [-0.1, -0.05) is 23.2 Å². The Labute approximate surface area is 137 Å². The topological polar surface area (TPSA) is 59.9 Å². The maximum atomic E-state index is 14.0. The van der Waals surface area contributed by atoms with Crippen LogP contribution in [-0.4, -0.2) is 18.4 Å². The smallest absolute Gasteiger partial charge is 0.235 e. The molecule has 0 amide bonds. The first-order valence-electron chi connectivity index (χ1n) is 5.35. The lowest BCUT2D eigenvalue weighted by Crippen LogP contribution is -2.00. The Morgan fingerprint density at radius 3 is 2.32 bits per heavy atom. The predicted molar refractivity (Wildman–Crippen MR) is 75.4 cm³/mol. The lowest BCUT2D eigenvalue weighted by molar-refractivity contribution is 0.146. The summed E-state index contributed by atoms with van der Waals surface area (Å²) in [5.74, 6) is -1.00. The van der Waals surface area contributed by atoms with Gasteiger partial charge in [0.2, 0.25) is 0 Å². The molecule has 0 atom stereocenters. The van der Waals surface area contributed by atoms with Crippen molar-refractivity contribution in [3.63, 3.8) is 0 Å². The first-order valence-corrected chi connectivity index (χ1v) is 8.42. The zero-order valence-corrected chi connectivity index (χ0v) is 13.3. The predicted octanol–water partition coefficient (Wildman–Crippen LogP) is 4.45. The summed E-state index contributed by atoms with van der Waals surface area (Å²) >= 11 is 11.3. The number of hydrogen-bond acceptors (Lipinski definition) is 4. The lowest BCUT2D eigenvalue weighted by atomic mass is 10.1. The molecular weight excluding hydrogens is 388 g/mol. The fourth-order valence-corrected chi connectivity index (χ4v) is 3.41. The van der Waals surface area contributed by atoms with E-state index in [2.05, 4.69) is 9.97 Å². The molecule has 1 heterocycles. The average molecular weight is 392 g/mol. The highest BCUT2D eigenvalue weighted by molar-refractivity contribution is 8.13. The van der Waals surface area contributed by atoms with Gasteiger partial charge < -0.3 is 0 Å². The summed E-state index contributed by atoms with van der Waals surface area (Å²) in [6.45, 7) is 0. The van der Waals surface area contributed by atoms with Crippen LogP contribution in [0.1, 0.15) is 12.1 Å². The zero-order valence-electron chi connectivity index (χ0n) is 10.2. The lowest BCUT2D eigenvalue weighted by Gasteiger charge is -2.10. The second-order valence-electron chi connectivity index (χ2n) is 3.92. The molecule has 0 unspecified atom stereocenters. The maximum absolute atomic E-state index is 14.0. The Balaban J connectivity index is 2.76. The Hall–Kier alpha value is -1.09. The van der Waals surface area contributed by atoms with Crippen LogP contribution in [0.2, 0.25) is 10.0 Å². The maximum Gasteiger partial charge on any atom is 0.281 e. The summed E-state index contributed by atoms with van der Waals surface area (Å²) in [5, 5.41) is -1.06. The third-order valence-corrected chi connectivity index (χ3v) is 4.72. The molecule has 22 heavy (non-hydrogen) atoms. The van der Waals surface area contributed by atoms with E-state index in [1.54, 1.807) is 0 Å². The van der Waals surface area contributed by atoms with E-state index in [4.69, 9.17) is 33.9 Å². The molecule has 0 bridgehead atoms. The molecule has 0 N–H and O–H groups in total.